The number of rotatable bonds is 4. The zero-order valence-corrected chi connectivity index (χ0v) is 13.1. The Morgan fingerprint density at radius 1 is 1.29 bits per heavy atom. The van der Waals surface area contributed by atoms with Crippen molar-refractivity contribution in [2.45, 2.75) is 58.4 Å². The van der Waals surface area contributed by atoms with Crippen molar-refractivity contribution in [2.75, 3.05) is 0 Å². The molecular formula is C18H25N3. The highest BCUT2D eigenvalue weighted by molar-refractivity contribution is 5.46. The molecule has 1 aromatic carbocycles. The van der Waals surface area contributed by atoms with E-state index in [1.807, 2.05) is 6.33 Å². The van der Waals surface area contributed by atoms with E-state index in [-0.39, 0.29) is 6.04 Å². The fourth-order valence-electron chi connectivity index (χ4n) is 3.22. The number of nitrogens with zero attached hydrogens (tertiary/aromatic N) is 2. The first-order valence-electron chi connectivity index (χ1n) is 8.09. The molecule has 1 heterocycles. The number of imidazole rings is 1. The zero-order chi connectivity index (χ0) is 14.8. The van der Waals surface area contributed by atoms with Crippen molar-refractivity contribution < 1.29 is 0 Å². The van der Waals surface area contributed by atoms with Gasteiger partial charge in [0, 0.05) is 11.7 Å². The largest absolute Gasteiger partial charge is 0.327 e. The van der Waals surface area contributed by atoms with Crippen molar-refractivity contribution in [3.05, 3.63) is 47.0 Å². The van der Waals surface area contributed by atoms with E-state index in [2.05, 4.69) is 41.6 Å². The van der Waals surface area contributed by atoms with Gasteiger partial charge in [-0.15, -0.1) is 0 Å². The molecule has 0 radical (unpaired) electrons. The molecule has 0 saturated carbocycles. The Kier molecular flexibility index (Phi) is 4.11. The van der Waals surface area contributed by atoms with Gasteiger partial charge in [-0.2, -0.15) is 0 Å². The molecule has 2 aromatic rings. The quantitative estimate of drug-likeness (QED) is 0.935. The maximum absolute atomic E-state index is 6.19. The van der Waals surface area contributed by atoms with Crippen molar-refractivity contribution in [3.8, 4) is 5.69 Å². The first-order chi connectivity index (χ1) is 10.2. The van der Waals surface area contributed by atoms with Crippen LogP contribution in [0.25, 0.3) is 5.69 Å². The van der Waals surface area contributed by atoms with E-state index >= 15 is 0 Å². The molecule has 1 atom stereocenters. The summed E-state index contributed by atoms with van der Waals surface area (Å²) in [5.74, 6) is 0. The van der Waals surface area contributed by atoms with Crippen LogP contribution in [0.4, 0.5) is 0 Å². The number of hydrogen-bond donors (Lipinski definition) is 1. The maximum atomic E-state index is 6.19. The minimum Gasteiger partial charge on any atom is -0.327 e. The molecule has 2 N–H and O–H groups in total. The Balaban J connectivity index is 2.03. The molecule has 0 saturated heterocycles. The molecule has 1 aromatic heterocycles. The Hall–Kier alpha value is -1.61. The van der Waals surface area contributed by atoms with Crippen LogP contribution in [0, 0.1) is 6.92 Å². The number of benzene rings is 1. The molecule has 3 nitrogen and oxygen atoms in total. The van der Waals surface area contributed by atoms with Gasteiger partial charge in [-0.3, -0.25) is 0 Å². The third kappa shape index (κ3) is 2.88. The highest BCUT2D eigenvalue weighted by Crippen LogP contribution is 2.26. The van der Waals surface area contributed by atoms with Gasteiger partial charge in [0.05, 0.1) is 17.7 Å². The van der Waals surface area contributed by atoms with Gasteiger partial charge in [-0.1, -0.05) is 24.6 Å². The van der Waals surface area contributed by atoms with E-state index in [1.54, 1.807) is 0 Å². The summed E-state index contributed by atoms with van der Waals surface area (Å²) in [6, 6.07) is 6.92. The van der Waals surface area contributed by atoms with Gasteiger partial charge in [-0.05, 0) is 57.1 Å². The highest BCUT2D eigenvalue weighted by atomic mass is 15.1. The molecule has 0 bridgehead atoms. The summed E-state index contributed by atoms with van der Waals surface area (Å²) in [4.78, 5) is 4.63. The van der Waals surface area contributed by atoms with Crippen molar-refractivity contribution in [1.82, 2.24) is 9.55 Å². The molecule has 0 spiro atoms. The van der Waals surface area contributed by atoms with Crippen LogP contribution in [0.5, 0.6) is 0 Å². The second-order valence-electron chi connectivity index (χ2n) is 6.22. The van der Waals surface area contributed by atoms with Crippen LogP contribution in [0.15, 0.2) is 24.5 Å². The van der Waals surface area contributed by atoms with Crippen LogP contribution in [0.1, 0.15) is 48.7 Å². The van der Waals surface area contributed by atoms with Crippen LogP contribution in [0.3, 0.4) is 0 Å². The number of aromatic nitrogens is 2. The molecule has 112 valence electrons. The van der Waals surface area contributed by atoms with Crippen LogP contribution in [-0.4, -0.2) is 15.6 Å². The lowest BCUT2D eigenvalue weighted by molar-refractivity contribution is 0.638. The lowest BCUT2D eigenvalue weighted by Crippen LogP contribution is -2.22. The summed E-state index contributed by atoms with van der Waals surface area (Å²) in [5.41, 5.74) is 12.8. The monoisotopic (exact) mass is 283 g/mol. The van der Waals surface area contributed by atoms with Crippen LogP contribution >= 0.6 is 0 Å². The van der Waals surface area contributed by atoms with Crippen LogP contribution in [0.2, 0.25) is 0 Å². The summed E-state index contributed by atoms with van der Waals surface area (Å²) in [6.45, 7) is 4.30. The van der Waals surface area contributed by atoms with Gasteiger partial charge >= 0.3 is 0 Å². The van der Waals surface area contributed by atoms with Gasteiger partial charge < -0.3 is 10.3 Å². The first kappa shape index (κ1) is 14.3. The lowest BCUT2D eigenvalue weighted by atomic mass is 9.98. The minimum absolute atomic E-state index is 0.227. The zero-order valence-electron chi connectivity index (χ0n) is 13.1. The average Bonchev–Trinajstić information content (AvgIpc) is 2.91. The second-order valence-corrected chi connectivity index (χ2v) is 6.22. The van der Waals surface area contributed by atoms with Gasteiger partial charge in [0.2, 0.25) is 0 Å². The van der Waals surface area contributed by atoms with E-state index in [4.69, 9.17) is 5.73 Å². The normalized spacial score (nSPS) is 15.8. The molecule has 1 unspecified atom stereocenters. The third-order valence-corrected chi connectivity index (χ3v) is 4.53. The lowest BCUT2D eigenvalue weighted by Gasteiger charge is -2.18. The molecule has 3 heteroatoms. The Morgan fingerprint density at radius 3 is 2.90 bits per heavy atom. The van der Waals surface area contributed by atoms with Crippen molar-refractivity contribution in [3.63, 3.8) is 0 Å². The first-order valence-corrected chi connectivity index (χ1v) is 8.09. The van der Waals surface area contributed by atoms with Crippen molar-refractivity contribution in [1.29, 1.82) is 0 Å². The summed E-state index contributed by atoms with van der Waals surface area (Å²) in [6.07, 6.45) is 8.75. The fraction of sp³-hybridized carbons (Fsp3) is 0.500. The van der Waals surface area contributed by atoms with Crippen LogP contribution < -0.4 is 5.73 Å². The van der Waals surface area contributed by atoms with E-state index in [1.165, 1.54) is 41.0 Å². The smallest absolute Gasteiger partial charge is 0.0997 e. The number of fused-ring (bicyclic) bond motifs is 1. The Morgan fingerprint density at radius 2 is 2.10 bits per heavy atom. The number of nitrogens with two attached hydrogens (primary N) is 1. The molecular weight excluding hydrogens is 258 g/mol. The number of hydrogen-bond acceptors (Lipinski definition) is 2. The summed E-state index contributed by atoms with van der Waals surface area (Å²) in [5, 5.41) is 0. The standard InChI is InChI=1S/C18H25N3/c1-3-15(19)11-14-10-13(2)8-9-17(14)21-12-20-16-6-4-5-7-18(16)21/h8-10,12,15H,3-7,11,19H2,1-2H3. The van der Waals surface area contributed by atoms with Crippen molar-refractivity contribution in [2.24, 2.45) is 5.73 Å². The van der Waals surface area contributed by atoms with Crippen molar-refractivity contribution >= 4 is 0 Å². The Bertz CT molecular complexity index is 627. The van der Waals surface area contributed by atoms with Gasteiger partial charge in [0.1, 0.15) is 0 Å². The Labute approximate surface area is 127 Å². The fourth-order valence-corrected chi connectivity index (χ4v) is 3.22. The topological polar surface area (TPSA) is 43.8 Å². The van der Waals surface area contributed by atoms with E-state index in [0.29, 0.717) is 0 Å². The summed E-state index contributed by atoms with van der Waals surface area (Å²) >= 11 is 0. The van der Waals surface area contributed by atoms with Gasteiger partial charge in [-0.25, -0.2) is 4.98 Å². The molecule has 0 fully saturated rings. The molecule has 1 aliphatic rings. The second kappa shape index (κ2) is 6.02. The number of aryl methyl sites for hydroxylation is 2. The summed E-state index contributed by atoms with van der Waals surface area (Å²) < 4.78 is 2.30. The average molecular weight is 283 g/mol. The highest BCUT2D eigenvalue weighted by Gasteiger charge is 2.18. The van der Waals surface area contributed by atoms with Gasteiger partial charge in [0.15, 0.2) is 0 Å². The predicted octanol–water partition coefficient (Wildman–Crippen LogP) is 3.34. The van der Waals surface area contributed by atoms with E-state index in [0.717, 1.165) is 25.7 Å². The van der Waals surface area contributed by atoms with E-state index in [9.17, 15) is 0 Å². The molecule has 21 heavy (non-hydrogen) atoms. The molecule has 3 rings (SSSR count). The SMILES string of the molecule is CCC(N)Cc1cc(C)ccc1-n1cnc2c1CCCC2. The molecule has 1 aliphatic carbocycles. The van der Waals surface area contributed by atoms with Crippen LogP contribution in [-0.2, 0) is 19.3 Å². The minimum atomic E-state index is 0.227. The predicted molar refractivity (Wildman–Crippen MR) is 86.9 cm³/mol. The molecule has 0 amide bonds. The molecule has 0 aliphatic heterocycles. The van der Waals surface area contributed by atoms with E-state index < -0.39 is 0 Å². The third-order valence-electron chi connectivity index (χ3n) is 4.53. The maximum Gasteiger partial charge on any atom is 0.0997 e. The van der Waals surface area contributed by atoms with Gasteiger partial charge in [0.25, 0.3) is 0 Å². The summed E-state index contributed by atoms with van der Waals surface area (Å²) in [7, 11) is 0.